The summed E-state index contributed by atoms with van der Waals surface area (Å²) in [5, 5.41) is 0.285. The fourth-order valence-corrected chi connectivity index (χ4v) is 3.65. The zero-order valence-electron chi connectivity index (χ0n) is 15.0. The molecule has 1 aliphatic carbocycles. The molecule has 8 heteroatoms. The van der Waals surface area contributed by atoms with Crippen molar-refractivity contribution < 1.29 is 9.53 Å². The molecule has 1 aromatic carbocycles. The van der Waals surface area contributed by atoms with E-state index < -0.39 is 28.2 Å². The Bertz CT molecular complexity index is 1230. The van der Waals surface area contributed by atoms with E-state index in [0.29, 0.717) is 12.5 Å². The van der Waals surface area contributed by atoms with Crippen LogP contribution < -0.4 is 22.2 Å². The Hall–Kier alpha value is -3.29. The summed E-state index contributed by atoms with van der Waals surface area (Å²) in [6, 6.07) is 2.53. The van der Waals surface area contributed by atoms with Crippen molar-refractivity contribution in [3.8, 4) is 0 Å². The molecule has 28 heavy (non-hydrogen) atoms. The van der Waals surface area contributed by atoms with Crippen molar-refractivity contribution in [1.29, 1.82) is 0 Å². The molecular weight excluding hydrogens is 364 g/mol. The summed E-state index contributed by atoms with van der Waals surface area (Å²) in [6.45, 7) is 0.218. The van der Waals surface area contributed by atoms with Gasteiger partial charge in [-0.2, -0.15) is 0 Å². The number of aromatic nitrogens is 2. The first kappa shape index (κ1) is 18.1. The number of H-pyrrole nitrogens is 1. The quantitative estimate of drug-likeness (QED) is 0.514. The van der Waals surface area contributed by atoms with E-state index in [0.717, 1.165) is 23.8 Å². The maximum Gasteiger partial charge on any atom is 0.307 e. The summed E-state index contributed by atoms with van der Waals surface area (Å²) in [5.41, 5.74) is -2.36. The van der Waals surface area contributed by atoms with E-state index in [2.05, 4.69) is 17.1 Å². The highest BCUT2D eigenvalue weighted by molar-refractivity contribution is 5.97. The highest BCUT2D eigenvalue weighted by Crippen LogP contribution is 2.18. The summed E-state index contributed by atoms with van der Waals surface area (Å²) >= 11 is 0. The monoisotopic (exact) mass is 382 g/mol. The normalized spacial score (nSPS) is 16.8. The largest absolute Gasteiger partial charge is 0.465 e. The summed E-state index contributed by atoms with van der Waals surface area (Å²) in [5.74, 6) is -0.164. The topological polar surface area (TPSA) is 115 Å². The van der Waals surface area contributed by atoms with Crippen molar-refractivity contribution in [2.45, 2.75) is 32.2 Å². The Morgan fingerprint density at radius 2 is 1.64 bits per heavy atom. The number of carbonyl (C=O) groups is 1. The average molecular weight is 382 g/mol. The van der Waals surface area contributed by atoms with Gasteiger partial charge in [0.15, 0.2) is 0 Å². The molecule has 3 aromatic rings. The van der Waals surface area contributed by atoms with E-state index in [9.17, 15) is 24.0 Å². The maximum atomic E-state index is 12.5. The molecule has 0 saturated carbocycles. The molecule has 1 aliphatic rings. The van der Waals surface area contributed by atoms with Gasteiger partial charge in [0.1, 0.15) is 0 Å². The Balaban J connectivity index is 1.54. The van der Waals surface area contributed by atoms with Gasteiger partial charge in [-0.05, 0) is 37.3 Å². The van der Waals surface area contributed by atoms with Crippen LogP contribution in [-0.4, -0.2) is 22.1 Å². The second-order valence-corrected chi connectivity index (χ2v) is 7.07. The minimum absolute atomic E-state index is 0.0657. The van der Waals surface area contributed by atoms with Gasteiger partial charge in [-0.15, -0.1) is 0 Å². The lowest BCUT2D eigenvalue weighted by atomic mass is 9.95. The molecule has 1 atom stereocenters. The first-order valence-corrected chi connectivity index (χ1v) is 9.16. The third-order valence-corrected chi connectivity index (χ3v) is 5.22. The van der Waals surface area contributed by atoms with E-state index in [1.54, 1.807) is 0 Å². The van der Waals surface area contributed by atoms with E-state index >= 15 is 0 Å². The number of hydrogen-bond acceptors (Lipinski definition) is 6. The van der Waals surface area contributed by atoms with Gasteiger partial charge in [-0.25, -0.2) is 0 Å². The molecule has 1 unspecified atom stereocenters. The lowest BCUT2D eigenvalue weighted by Gasteiger charge is -2.17. The summed E-state index contributed by atoms with van der Waals surface area (Å²) in [6.07, 6.45) is 6.90. The molecule has 0 spiro atoms. The summed E-state index contributed by atoms with van der Waals surface area (Å²) < 4.78 is 6.21. The fourth-order valence-electron chi connectivity index (χ4n) is 3.65. The Morgan fingerprint density at radius 1 is 1.00 bits per heavy atom. The van der Waals surface area contributed by atoms with E-state index in [1.807, 2.05) is 0 Å². The number of carbonyl (C=O) groups excluding carboxylic acids is 1. The van der Waals surface area contributed by atoms with Gasteiger partial charge >= 0.3 is 5.97 Å². The number of allylic oxidation sites excluding steroid dienone is 2. The van der Waals surface area contributed by atoms with Crippen molar-refractivity contribution in [3.63, 3.8) is 0 Å². The van der Waals surface area contributed by atoms with Crippen LogP contribution >= 0.6 is 0 Å². The highest BCUT2D eigenvalue weighted by atomic mass is 16.5. The predicted octanol–water partition coefficient (Wildman–Crippen LogP) is 0.729. The number of aromatic amines is 1. The molecule has 144 valence electrons. The number of ether oxygens (including phenoxy) is 1. The second-order valence-electron chi connectivity index (χ2n) is 7.07. The van der Waals surface area contributed by atoms with Crippen molar-refractivity contribution in [1.82, 2.24) is 9.55 Å². The molecule has 1 N–H and O–H groups in total. The molecule has 0 bridgehead atoms. The third kappa shape index (κ3) is 3.11. The first-order valence-electron chi connectivity index (χ1n) is 9.16. The van der Waals surface area contributed by atoms with Crippen LogP contribution in [-0.2, 0) is 16.1 Å². The number of benzene rings is 1. The number of nitrogens with zero attached hydrogens (tertiary/aromatic N) is 1. The van der Waals surface area contributed by atoms with Gasteiger partial charge < -0.3 is 4.74 Å². The van der Waals surface area contributed by atoms with Crippen LogP contribution in [0.5, 0.6) is 0 Å². The van der Waals surface area contributed by atoms with Crippen LogP contribution in [0.25, 0.3) is 21.5 Å². The minimum Gasteiger partial charge on any atom is -0.465 e. The standard InChI is InChI=1S/C20H18N2O6/c23-16(28-10-11-4-2-1-3-5-11)6-7-22-19(26)14-8-12-13(9-15(14)20(22)27)18(25)21-17(12)24/h1-2,8-9,11H,3-7,10H2,(H,21,24,25). The van der Waals surface area contributed by atoms with Gasteiger partial charge in [0.05, 0.1) is 34.6 Å². The van der Waals surface area contributed by atoms with E-state index in [-0.39, 0.29) is 34.5 Å². The molecule has 0 saturated heterocycles. The number of fused-ring (bicyclic) bond motifs is 2. The number of nitrogens with one attached hydrogen (secondary N) is 1. The number of hydrogen-bond donors (Lipinski definition) is 1. The molecule has 0 radical (unpaired) electrons. The van der Waals surface area contributed by atoms with Gasteiger partial charge in [-0.1, -0.05) is 12.2 Å². The van der Waals surface area contributed by atoms with Crippen LogP contribution in [0.3, 0.4) is 0 Å². The van der Waals surface area contributed by atoms with Crippen LogP contribution in [0, 0.1) is 5.92 Å². The zero-order valence-corrected chi connectivity index (χ0v) is 15.0. The van der Waals surface area contributed by atoms with Crippen LogP contribution in [0.4, 0.5) is 0 Å². The summed E-state index contributed by atoms with van der Waals surface area (Å²) in [7, 11) is 0. The molecular formula is C20H18N2O6. The SMILES string of the molecule is O=C(CCn1c(=O)c2cc3c(=O)[nH]c(=O)c3cc2c1=O)OCC1CC=CCC1. The maximum absolute atomic E-state index is 12.5. The van der Waals surface area contributed by atoms with Crippen molar-refractivity contribution >= 4 is 27.5 Å². The van der Waals surface area contributed by atoms with Crippen molar-refractivity contribution in [2.75, 3.05) is 6.61 Å². The zero-order chi connectivity index (χ0) is 19.8. The van der Waals surface area contributed by atoms with Gasteiger partial charge in [0.25, 0.3) is 22.2 Å². The molecule has 0 amide bonds. The molecule has 0 aliphatic heterocycles. The number of esters is 1. The lowest BCUT2D eigenvalue weighted by Crippen LogP contribution is -2.27. The van der Waals surface area contributed by atoms with Crippen LogP contribution in [0.1, 0.15) is 25.7 Å². The first-order chi connectivity index (χ1) is 13.5. The van der Waals surface area contributed by atoms with Crippen LogP contribution in [0.15, 0.2) is 43.5 Å². The van der Waals surface area contributed by atoms with Crippen molar-refractivity contribution in [2.24, 2.45) is 5.92 Å². The molecule has 2 aromatic heterocycles. The lowest BCUT2D eigenvalue weighted by molar-refractivity contribution is -0.145. The molecule has 2 heterocycles. The fraction of sp³-hybridized carbons (Fsp3) is 0.350. The van der Waals surface area contributed by atoms with Gasteiger partial charge in [0.2, 0.25) is 0 Å². The highest BCUT2D eigenvalue weighted by Gasteiger charge is 2.18. The Kier molecular flexibility index (Phi) is 4.54. The number of rotatable bonds is 5. The smallest absolute Gasteiger partial charge is 0.307 e. The molecule has 8 nitrogen and oxygen atoms in total. The molecule has 4 rings (SSSR count). The van der Waals surface area contributed by atoms with E-state index in [4.69, 9.17) is 4.74 Å². The Morgan fingerprint density at radius 3 is 2.21 bits per heavy atom. The van der Waals surface area contributed by atoms with E-state index in [1.165, 1.54) is 12.1 Å². The van der Waals surface area contributed by atoms with Crippen molar-refractivity contribution in [3.05, 3.63) is 65.7 Å². The molecule has 0 fully saturated rings. The average Bonchev–Trinajstić information content (AvgIpc) is 3.11. The Labute approximate surface area is 157 Å². The van der Waals surface area contributed by atoms with Crippen LogP contribution in [0.2, 0.25) is 0 Å². The third-order valence-electron chi connectivity index (χ3n) is 5.22. The minimum atomic E-state index is -0.595. The predicted molar refractivity (Wildman–Crippen MR) is 103 cm³/mol. The second kappa shape index (κ2) is 7.03. The van der Waals surface area contributed by atoms with Gasteiger partial charge in [-0.3, -0.25) is 33.5 Å². The summed E-state index contributed by atoms with van der Waals surface area (Å²) in [4.78, 5) is 62.7. The van der Waals surface area contributed by atoms with Gasteiger partial charge in [0, 0.05) is 6.54 Å².